The van der Waals surface area contributed by atoms with E-state index in [0.29, 0.717) is 38.2 Å². The number of allylic oxidation sites excluding steroid dienone is 10. The highest BCUT2D eigenvalue weighted by atomic mass is 16.2. The van der Waals surface area contributed by atoms with Crippen LogP contribution in [0.5, 0.6) is 0 Å². The minimum absolute atomic E-state index is 0.0106. The summed E-state index contributed by atoms with van der Waals surface area (Å²) in [5, 5.41) is 0. The van der Waals surface area contributed by atoms with Crippen LogP contribution in [0, 0.1) is 0 Å². The molecule has 188 valence electrons. The molecule has 2 rings (SSSR count). The van der Waals surface area contributed by atoms with Gasteiger partial charge in [-0.3, -0.25) is 14.6 Å². The van der Waals surface area contributed by atoms with Crippen LogP contribution in [0.2, 0.25) is 0 Å². The van der Waals surface area contributed by atoms with E-state index in [9.17, 15) is 9.59 Å². The fourth-order valence-corrected chi connectivity index (χ4v) is 3.73. The number of unbranched alkanes of at least 4 members (excludes halogenated alkanes) is 1. The van der Waals surface area contributed by atoms with Crippen LogP contribution in [0.25, 0.3) is 0 Å². The van der Waals surface area contributed by atoms with E-state index in [4.69, 9.17) is 0 Å². The fourth-order valence-electron chi connectivity index (χ4n) is 3.73. The van der Waals surface area contributed by atoms with Gasteiger partial charge in [0.15, 0.2) is 0 Å². The van der Waals surface area contributed by atoms with Gasteiger partial charge in [0.1, 0.15) is 0 Å². The zero-order chi connectivity index (χ0) is 25.0. The quantitative estimate of drug-likeness (QED) is 0.235. The number of rotatable bonds is 14. The van der Waals surface area contributed by atoms with Gasteiger partial charge >= 0.3 is 0 Å². The lowest BCUT2D eigenvalue weighted by Crippen LogP contribution is -2.50. The third-order valence-electron chi connectivity index (χ3n) is 5.75. The zero-order valence-corrected chi connectivity index (χ0v) is 21.2. The molecule has 2 heterocycles. The molecule has 0 spiro atoms. The molecule has 1 aromatic heterocycles. The van der Waals surface area contributed by atoms with Crippen LogP contribution < -0.4 is 0 Å². The van der Waals surface area contributed by atoms with Gasteiger partial charge in [-0.1, -0.05) is 67.7 Å². The van der Waals surface area contributed by atoms with Crippen molar-refractivity contribution in [3.63, 3.8) is 0 Å². The Morgan fingerprint density at radius 1 is 0.800 bits per heavy atom. The molecular formula is C30H41N3O2. The van der Waals surface area contributed by atoms with Gasteiger partial charge in [0.25, 0.3) is 5.91 Å². The number of amides is 2. The van der Waals surface area contributed by atoms with Crippen LogP contribution in [-0.2, 0) is 4.79 Å². The number of piperazine rings is 1. The second-order valence-corrected chi connectivity index (χ2v) is 8.51. The highest BCUT2D eigenvalue weighted by Crippen LogP contribution is 2.10. The summed E-state index contributed by atoms with van der Waals surface area (Å²) < 4.78 is 0. The lowest BCUT2D eigenvalue weighted by atomic mass is 10.1. The Morgan fingerprint density at radius 2 is 1.34 bits per heavy atom. The van der Waals surface area contributed by atoms with Gasteiger partial charge in [-0.25, -0.2) is 0 Å². The summed E-state index contributed by atoms with van der Waals surface area (Å²) in [7, 11) is 0. The molecular weight excluding hydrogens is 434 g/mol. The van der Waals surface area contributed by atoms with Gasteiger partial charge in [0.2, 0.25) is 5.91 Å². The normalized spacial score (nSPS) is 15.0. The molecule has 35 heavy (non-hydrogen) atoms. The SMILES string of the molecule is CC/C=C\C/C=C\C/C=C\C/C=C\C/C=C\CCCC(=O)N1CCN(C(=O)c2cccnc2)CC1. The molecule has 2 amide bonds. The first kappa shape index (κ1) is 28.0. The minimum Gasteiger partial charge on any atom is -0.339 e. The molecule has 1 saturated heterocycles. The number of hydrogen-bond acceptors (Lipinski definition) is 3. The van der Waals surface area contributed by atoms with Crippen LogP contribution in [0.3, 0.4) is 0 Å². The Balaban J connectivity index is 1.49. The maximum Gasteiger partial charge on any atom is 0.255 e. The van der Waals surface area contributed by atoms with Crippen molar-refractivity contribution in [1.29, 1.82) is 0 Å². The molecule has 1 aromatic rings. The van der Waals surface area contributed by atoms with Gasteiger partial charge in [0.05, 0.1) is 5.56 Å². The molecule has 0 aliphatic carbocycles. The monoisotopic (exact) mass is 475 g/mol. The molecule has 0 bridgehead atoms. The third-order valence-corrected chi connectivity index (χ3v) is 5.75. The number of carbonyl (C=O) groups is 2. The van der Waals surface area contributed by atoms with E-state index in [1.165, 1.54) is 0 Å². The average Bonchev–Trinajstić information content (AvgIpc) is 2.90. The van der Waals surface area contributed by atoms with Crippen LogP contribution in [0.4, 0.5) is 0 Å². The summed E-state index contributed by atoms with van der Waals surface area (Å²) in [4.78, 5) is 32.6. The van der Waals surface area contributed by atoms with Crippen molar-refractivity contribution in [3.05, 3.63) is 90.9 Å². The summed E-state index contributed by atoms with van der Waals surface area (Å²) in [5.74, 6) is 0.175. The lowest BCUT2D eigenvalue weighted by Gasteiger charge is -2.34. The van der Waals surface area contributed by atoms with Gasteiger partial charge < -0.3 is 9.80 Å². The van der Waals surface area contributed by atoms with Gasteiger partial charge in [0, 0.05) is 45.0 Å². The molecule has 0 aromatic carbocycles. The Kier molecular flexibility index (Phi) is 14.5. The number of aromatic nitrogens is 1. The molecule has 0 saturated carbocycles. The van der Waals surface area contributed by atoms with Crippen LogP contribution in [-0.4, -0.2) is 52.8 Å². The molecule has 0 atom stereocenters. The lowest BCUT2D eigenvalue weighted by molar-refractivity contribution is -0.132. The molecule has 5 nitrogen and oxygen atoms in total. The summed E-state index contributed by atoms with van der Waals surface area (Å²) in [5.41, 5.74) is 0.601. The summed E-state index contributed by atoms with van der Waals surface area (Å²) in [6.07, 6.45) is 32.5. The van der Waals surface area contributed by atoms with E-state index in [2.05, 4.69) is 72.7 Å². The van der Waals surface area contributed by atoms with E-state index in [0.717, 1.165) is 44.9 Å². The molecule has 5 heteroatoms. The van der Waals surface area contributed by atoms with E-state index in [1.54, 1.807) is 29.4 Å². The Labute approximate surface area is 211 Å². The van der Waals surface area contributed by atoms with Crippen LogP contribution >= 0.6 is 0 Å². The van der Waals surface area contributed by atoms with Crippen LogP contribution in [0.1, 0.15) is 68.6 Å². The molecule has 0 radical (unpaired) electrons. The smallest absolute Gasteiger partial charge is 0.255 e. The first-order chi connectivity index (χ1) is 17.2. The fraction of sp³-hybridized carbons (Fsp3) is 0.433. The number of nitrogens with zero attached hydrogens (tertiary/aromatic N) is 3. The average molecular weight is 476 g/mol. The Bertz CT molecular complexity index is 876. The van der Waals surface area contributed by atoms with Crippen molar-refractivity contribution < 1.29 is 9.59 Å². The van der Waals surface area contributed by atoms with Gasteiger partial charge in [-0.15, -0.1) is 0 Å². The Hall–Kier alpha value is -3.21. The minimum atomic E-state index is -0.0106. The zero-order valence-electron chi connectivity index (χ0n) is 21.2. The largest absolute Gasteiger partial charge is 0.339 e. The summed E-state index contributed by atoms with van der Waals surface area (Å²) >= 11 is 0. The summed E-state index contributed by atoms with van der Waals surface area (Å²) in [6, 6.07) is 3.55. The van der Waals surface area contributed by atoms with Crippen LogP contribution in [0.15, 0.2) is 85.3 Å². The van der Waals surface area contributed by atoms with E-state index in [-0.39, 0.29) is 11.8 Å². The predicted molar refractivity (Wildman–Crippen MR) is 145 cm³/mol. The first-order valence-corrected chi connectivity index (χ1v) is 12.9. The van der Waals surface area contributed by atoms with E-state index >= 15 is 0 Å². The van der Waals surface area contributed by atoms with Gasteiger partial charge in [-0.2, -0.15) is 0 Å². The van der Waals surface area contributed by atoms with Crippen molar-refractivity contribution >= 4 is 11.8 Å². The van der Waals surface area contributed by atoms with Crippen molar-refractivity contribution in [1.82, 2.24) is 14.8 Å². The van der Waals surface area contributed by atoms with Crippen molar-refractivity contribution in [3.8, 4) is 0 Å². The third kappa shape index (κ3) is 12.2. The molecule has 1 aliphatic heterocycles. The maximum atomic E-state index is 12.5. The second kappa shape index (κ2) is 18.2. The Morgan fingerprint density at radius 3 is 1.89 bits per heavy atom. The number of hydrogen-bond donors (Lipinski definition) is 0. The topological polar surface area (TPSA) is 53.5 Å². The van der Waals surface area contributed by atoms with Crippen molar-refractivity contribution in [2.45, 2.75) is 58.3 Å². The highest BCUT2D eigenvalue weighted by molar-refractivity contribution is 5.94. The second-order valence-electron chi connectivity index (χ2n) is 8.51. The summed E-state index contributed by atoms with van der Waals surface area (Å²) in [6.45, 7) is 4.51. The van der Waals surface area contributed by atoms with Crippen molar-refractivity contribution in [2.24, 2.45) is 0 Å². The maximum absolute atomic E-state index is 12.5. The van der Waals surface area contributed by atoms with E-state index in [1.807, 2.05) is 4.90 Å². The standard InChI is InChI=1S/C30H41N3O2/c1-2-3-4-5-6-7-8-9-10-11-12-13-14-15-16-17-18-21-29(34)32-23-25-33(26-24-32)30(35)28-20-19-22-31-27-28/h3-4,6-7,9-10,12-13,15-16,19-20,22,27H,2,5,8,11,14,17-18,21,23-26H2,1H3/b4-3-,7-6-,10-9-,13-12-,16-15-. The molecule has 0 unspecified atom stereocenters. The van der Waals surface area contributed by atoms with Gasteiger partial charge in [-0.05, 0) is 57.1 Å². The predicted octanol–water partition coefficient (Wildman–Crippen LogP) is 6.29. The molecule has 1 fully saturated rings. The number of carbonyl (C=O) groups excluding carboxylic acids is 2. The van der Waals surface area contributed by atoms with Crippen molar-refractivity contribution in [2.75, 3.05) is 26.2 Å². The van der Waals surface area contributed by atoms with E-state index < -0.39 is 0 Å². The molecule has 1 aliphatic rings. The highest BCUT2D eigenvalue weighted by Gasteiger charge is 2.24. The molecule has 0 N–H and O–H groups in total. The first-order valence-electron chi connectivity index (χ1n) is 12.9. The number of pyridine rings is 1.